The van der Waals surface area contributed by atoms with Crippen LogP contribution in [0.5, 0.6) is 0 Å². The third-order valence-electron chi connectivity index (χ3n) is 2.27. The molecule has 0 aromatic heterocycles. The minimum absolute atomic E-state index is 0.151. The average molecular weight is 245 g/mol. The zero-order chi connectivity index (χ0) is 12.1. The van der Waals surface area contributed by atoms with Crippen molar-refractivity contribution < 1.29 is 4.39 Å². The molecule has 1 atom stereocenters. The SMILES string of the molecule is CC(C)CC(CN)Nc1cc(F)cc(Cl)c1. The van der Waals surface area contributed by atoms with Gasteiger partial charge in [-0.15, -0.1) is 0 Å². The van der Waals surface area contributed by atoms with E-state index in [4.69, 9.17) is 17.3 Å². The van der Waals surface area contributed by atoms with Crippen LogP contribution in [-0.2, 0) is 0 Å². The summed E-state index contributed by atoms with van der Waals surface area (Å²) in [6.45, 7) is 4.78. The monoisotopic (exact) mass is 244 g/mol. The van der Waals surface area contributed by atoms with Gasteiger partial charge in [-0.1, -0.05) is 25.4 Å². The van der Waals surface area contributed by atoms with Crippen LogP contribution in [-0.4, -0.2) is 12.6 Å². The molecule has 3 N–H and O–H groups in total. The van der Waals surface area contributed by atoms with Gasteiger partial charge in [-0.3, -0.25) is 0 Å². The highest BCUT2D eigenvalue weighted by atomic mass is 35.5. The van der Waals surface area contributed by atoms with Gasteiger partial charge in [0.15, 0.2) is 0 Å². The minimum atomic E-state index is -0.338. The maximum Gasteiger partial charge on any atom is 0.126 e. The summed E-state index contributed by atoms with van der Waals surface area (Å²) in [7, 11) is 0. The Hall–Kier alpha value is -0.800. The lowest BCUT2D eigenvalue weighted by atomic mass is 10.0. The Bertz CT molecular complexity index is 322. The molecule has 0 bridgehead atoms. The van der Waals surface area contributed by atoms with E-state index in [0.29, 0.717) is 23.2 Å². The van der Waals surface area contributed by atoms with Gasteiger partial charge >= 0.3 is 0 Å². The first kappa shape index (κ1) is 13.3. The lowest BCUT2D eigenvalue weighted by molar-refractivity contribution is 0.521. The van der Waals surface area contributed by atoms with Crippen molar-refractivity contribution in [3.63, 3.8) is 0 Å². The molecule has 1 aromatic rings. The van der Waals surface area contributed by atoms with Gasteiger partial charge in [0.2, 0.25) is 0 Å². The molecule has 16 heavy (non-hydrogen) atoms. The molecule has 0 aliphatic rings. The topological polar surface area (TPSA) is 38.0 Å². The molecule has 4 heteroatoms. The summed E-state index contributed by atoms with van der Waals surface area (Å²) in [5, 5.41) is 3.58. The molecule has 0 saturated carbocycles. The number of hydrogen-bond acceptors (Lipinski definition) is 2. The van der Waals surface area contributed by atoms with E-state index in [0.717, 1.165) is 6.42 Å². The molecule has 0 heterocycles. The molecule has 90 valence electrons. The molecule has 2 nitrogen and oxygen atoms in total. The second kappa shape index (κ2) is 6.06. The molecule has 0 amide bonds. The van der Waals surface area contributed by atoms with E-state index in [2.05, 4.69) is 19.2 Å². The number of anilines is 1. The van der Waals surface area contributed by atoms with Crippen LogP contribution in [0.3, 0.4) is 0 Å². The Morgan fingerprint density at radius 3 is 2.56 bits per heavy atom. The van der Waals surface area contributed by atoms with Gasteiger partial charge in [-0.25, -0.2) is 4.39 Å². The van der Waals surface area contributed by atoms with Gasteiger partial charge in [-0.05, 0) is 30.5 Å². The van der Waals surface area contributed by atoms with Crippen LogP contribution in [0.1, 0.15) is 20.3 Å². The molecule has 0 saturated heterocycles. The quantitative estimate of drug-likeness (QED) is 0.834. The fourth-order valence-corrected chi connectivity index (χ4v) is 1.88. The van der Waals surface area contributed by atoms with Gasteiger partial charge in [-0.2, -0.15) is 0 Å². The largest absolute Gasteiger partial charge is 0.381 e. The van der Waals surface area contributed by atoms with Crippen molar-refractivity contribution in [3.05, 3.63) is 29.0 Å². The number of hydrogen-bond donors (Lipinski definition) is 2. The number of rotatable bonds is 5. The Kier molecular flexibility index (Phi) is 5.03. The van der Waals surface area contributed by atoms with Gasteiger partial charge in [0.25, 0.3) is 0 Å². The Labute approximate surface area is 101 Å². The normalized spacial score (nSPS) is 12.9. The standard InChI is InChI=1S/C12H18ClFN2/c1-8(2)3-12(7-15)16-11-5-9(13)4-10(14)6-11/h4-6,8,12,16H,3,7,15H2,1-2H3. The maximum atomic E-state index is 13.1. The van der Waals surface area contributed by atoms with Crippen molar-refractivity contribution in [1.29, 1.82) is 0 Å². The molecule has 1 rings (SSSR count). The third kappa shape index (κ3) is 4.37. The highest BCUT2D eigenvalue weighted by molar-refractivity contribution is 6.30. The Balaban J connectivity index is 2.69. The number of benzene rings is 1. The molecule has 0 aliphatic carbocycles. The molecule has 0 spiro atoms. The number of halogens is 2. The van der Waals surface area contributed by atoms with E-state index < -0.39 is 0 Å². The van der Waals surface area contributed by atoms with Crippen molar-refractivity contribution >= 4 is 17.3 Å². The summed E-state index contributed by atoms with van der Waals surface area (Å²) in [5.41, 5.74) is 6.34. The predicted octanol–water partition coefficient (Wildman–Crippen LogP) is 3.26. The molecule has 0 fully saturated rings. The first-order valence-corrected chi connectivity index (χ1v) is 5.81. The number of nitrogens with two attached hydrogens (primary N) is 1. The second-order valence-electron chi connectivity index (χ2n) is 4.36. The Morgan fingerprint density at radius 1 is 1.38 bits per heavy atom. The fraction of sp³-hybridized carbons (Fsp3) is 0.500. The van der Waals surface area contributed by atoms with Crippen LogP contribution in [0.25, 0.3) is 0 Å². The van der Waals surface area contributed by atoms with Crippen LogP contribution < -0.4 is 11.1 Å². The first-order valence-electron chi connectivity index (χ1n) is 5.44. The van der Waals surface area contributed by atoms with E-state index >= 15 is 0 Å². The van der Waals surface area contributed by atoms with E-state index in [9.17, 15) is 4.39 Å². The highest BCUT2D eigenvalue weighted by Crippen LogP contribution is 2.19. The third-order valence-corrected chi connectivity index (χ3v) is 2.49. The van der Waals surface area contributed by atoms with Crippen LogP contribution in [0, 0.1) is 11.7 Å². The van der Waals surface area contributed by atoms with Gasteiger partial charge < -0.3 is 11.1 Å². The lowest BCUT2D eigenvalue weighted by Gasteiger charge is -2.20. The minimum Gasteiger partial charge on any atom is -0.381 e. The van der Waals surface area contributed by atoms with Crippen molar-refractivity contribution in [2.75, 3.05) is 11.9 Å². The zero-order valence-electron chi connectivity index (χ0n) is 9.63. The molecular weight excluding hydrogens is 227 g/mol. The van der Waals surface area contributed by atoms with Crippen LogP contribution in [0.15, 0.2) is 18.2 Å². The Morgan fingerprint density at radius 2 is 2.06 bits per heavy atom. The summed E-state index contributed by atoms with van der Waals surface area (Å²) in [6.07, 6.45) is 0.949. The van der Waals surface area contributed by atoms with E-state index in [1.807, 2.05) is 0 Å². The molecule has 1 aromatic carbocycles. The summed E-state index contributed by atoms with van der Waals surface area (Å²) < 4.78 is 13.1. The van der Waals surface area contributed by atoms with E-state index in [1.54, 1.807) is 6.07 Å². The number of nitrogens with one attached hydrogen (secondary N) is 1. The van der Waals surface area contributed by atoms with Gasteiger partial charge in [0.05, 0.1) is 0 Å². The summed E-state index contributed by atoms with van der Waals surface area (Å²) >= 11 is 5.77. The molecule has 0 radical (unpaired) electrons. The zero-order valence-corrected chi connectivity index (χ0v) is 10.4. The average Bonchev–Trinajstić information content (AvgIpc) is 2.14. The van der Waals surface area contributed by atoms with Crippen molar-refractivity contribution in [2.45, 2.75) is 26.3 Å². The first-order chi connectivity index (χ1) is 7.51. The fourth-order valence-electron chi connectivity index (χ4n) is 1.66. The van der Waals surface area contributed by atoms with Crippen molar-refractivity contribution in [2.24, 2.45) is 11.7 Å². The summed E-state index contributed by atoms with van der Waals surface area (Å²) in [6, 6.07) is 4.56. The molecule has 1 unspecified atom stereocenters. The van der Waals surface area contributed by atoms with E-state index in [1.165, 1.54) is 12.1 Å². The van der Waals surface area contributed by atoms with Crippen LogP contribution in [0.2, 0.25) is 5.02 Å². The van der Waals surface area contributed by atoms with Gasteiger partial charge in [0, 0.05) is 23.3 Å². The van der Waals surface area contributed by atoms with Crippen molar-refractivity contribution in [1.82, 2.24) is 0 Å². The molecular formula is C12H18ClFN2. The second-order valence-corrected chi connectivity index (χ2v) is 4.80. The van der Waals surface area contributed by atoms with Crippen molar-refractivity contribution in [3.8, 4) is 0 Å². The summed E-state index contributed by atoms with van der Waals surface area (Å²) in [5.74, 6) is 0.209. The maximum absolute atomic E-state index is 13.1. The lowest BCUT2D eigenvalue weighted by Crippen LogP contribution is -2.30. The molecule has 0 aliphatic heterocycles. The van der Waals surface area contributed by atoms with Crippen LogP contribution in [0.4, 0.5) is 10.1 Å². The summed E-state index contributed by atoms with van der Waals surface area (Å²) in [4.78, 5) is 0. The van der Waals surface area contributed by atoms with Crippen LogP contribution >= 0.6 is 11.6 Å². The predicted molar refractivity (Wildman–Crippen MR) is 67.3 cm³/mol. The van der Waals surface area contributed by atoms with Gasteiger partial charge in [0.1, 0.15) is 5.82 Å². The smallest absolute Gasteiger partial charge is 0.126 e. The van der Waals surface area contributed by atoms with E-state index in [-0.39, 0.29) is 11.9 Å². The highest BCUT2D eigenvalue weighted by Gasteiger charge is 2.09.